The van der Waals surface area contributed by atoms with Gasteiger partial charge in [0.05, 0.1) is 27.4 Å². The molecule has 0 saturated carbocycles. The third kappa shape index (κ3) is 10.4. The van der Waals surface area contributed by atoms with E-state index >= 15 is 0 Å². The van der Waals surface area contributed by atoms with Crippen LogP contribution in [-0.2, 0) is 38.6 Å². The Morgan fingerprint density at radius 1 is 0.633 bits per heavy atom. The van der Waals surface area contributed by atoms with E-state index in [-0.39, 0.29) is 30.8 Å². The van der Waals surface area contributed by atoms with Crippen LogP contribution in [0.1, 0.15) is 16.7 Å². The van der Waals surface area contributed by atoms with Crippen LogP contribution in [0.5, 0.6) is 0 Å². The van der Waals surface area contributed by atoms with Gasteiger partial charge < -0.3 is 20.7 Å². The van der Waals surface area contributed by atoms with Crippen molar-refractivity contribution >= 4 is 40.5 Å². The number of carbonyl (C=O) groups excluding carboxylic acids is 3. The number of carbonyl (C=O) groups is 3. The number of anilines is 1. The third-order valence-electron chi connectivity index (χ3n) is 7.17. The van der Waals surface area contributed by atoms with Crippen molar-refractivity contribution in [3.8, 4) is 0 Å². The molecule has 0 aliphatic heterocycles. The maximum Gasteiger partial charge on any atom is 0.329 e. The van der Waals surface area contributed by atoms with Gasteiger partial charge in [-0.25, -0.2) is 4.79 Å². The van der Waals surface area contributed by atoms with Gasteiger partial charge in [0.15, 0.2) is 0 Å². The summed E-state index contributed by atoms with van der Waals surface area (Å²) in [6.07, 6.45) is 0.0645. The van der Waals surface area contributed by atoms with E-state index in [1.54, 1.807) is 60.7 Å². The molecule has 2 amide bonds. The molecule has 0 unspecified atom stereocenters. The molecule has 0 saturated heterocycles. The minimum atomic E-state index is -1.20. The highest BCUT2D eigenvalue weighted by Gasteiger charge is 2.29. The number of esters is 1. The normalized spacial score (nSPS) is 11.8. The van der Waals surface area contributed by atoms with Crippen molar-refractivity contribution < 1.29 is 33.9 Å². The maximum absolute atomic E-state index is 13.7. The number of rotatable bonds is 16. The highest BCUT2D eigenvalue weighted by Crippen LogP contribution is 2.28. The second-order valence-corrected chi connectivity index (χ2v) is 10.7. The van der Waals surface area contributed by atoms with Crippen LogP contribution in [0, 0.1) is 30.3 Å². The first-order chi connectivity index (χ1) is 23.5. The minimum Gasteiger partial charge on any atom is -0.459 e. The first-order valence-electron chi connectivity index (χ1n) is 14.7. The van der Waals surface area contributed by atoms with Gasteiger partial charge in [-0.05, 0) is 34.9 Å². The van der Waals surface area contributed by atoms with Gasteiger partial charge in [-0.15, -0.1) is 0 Å². The predicted octanol–water partition coefficient (Wildman–Crippen LogP) is 4.02. The monoisotopic (exact) mass is 670 g/mol. The highest BCUT2D eigenvalue weighted by molar-refractivity contribution is 5.92. The van der Waals surface area contributed by atoms with E-state index in [0.29, 0.717) is 16.7 Å². The fourth-order valence-corrected chi connectivity index (χ4v) is 4.70. The van der Waals surface area contributed by atoms with Gasteiger partial charge in [0.2, 0.25) is 11.8 Å². The molecule has 16 heteroatoms. The largest absolute Gasteiger partial charge is 0.459 e. The lowest BCUT2D eigenvalue weighted by Crippen LogP contribution is -2.54. The Balaban J connectivity index is 1.50. The first kappa shape index (κ1) is 35.1. The summed E-state index contributed by atoms with van der Waals surface area (Å²) in [6.45, 7) is -0.745. The van der Waals surface area contributed by atoms with Crippen LogP contribution in [0.15, 0.2) is 103 Å². The molecule has 2 atom stereocenters. The fourth-order valence-electron chi connectivity index (χ4n) is 4.70. The Labute approximate surface area is 278 Å². The molecule has 0 aliphatic rings. The van der Waals surface area contributed by atoms with E-state index in [4.69, 9.17) is 4.74 Å². The van der Waals surface area contributed by atoms with Crippen LogP contribution >= 0.6 is 0 Å². The van der Waals surface area contributed by atoms with Crippen LogP contribution in [0.25, 0.3) is 0 Å². The lowest BCUT2D eigenvalue weighted by molar-refractivity contribution is -0.393. The number of hydrogen-bond donors (Lipinski definition) is 3. The molecule has 0 fully saturated rings. The van der Waals surface area contributed by atoms with Gasteiger partial charge in [0.25, 0.3) is 17.1 Å². The molecule has 4 aromatic rings. The average Bonchev–Trinajstić information content (AvgIpc) is 3.10. The number of non-ortho nitro benzene ring substituents is 2. The SMILES string of the molecule is O=C(CNc1ccc([N+](=O)[O-])cc1[N+](=O)[O-])N[C@H](Cc1ccccc1)C(=O)N[C@@H](Cc1ccccc1)C(=O)OCc1ccc([N+](=O)[O-])cc1. The summed E-state index contributed by atoms with van der Waals surface area (Å²) in [6, 6.07) is 23.5. The standard InChI is InChI=1S/C33H30N6O10/c40-31(20-34-27-16-15-26(38(45)46)19-30(27)39(47)48)35-28(17-22-7-3-1-4-8-22)32(41)36-29(18-23-9-5-2-6-10-23)33(42)49-21-24-11-13-25(14-12-24)37(43)44/h1-16,19,28-29,34H,17-18,20-21H2,(H,35,40)(H,36,41)/t28-,29+/m1/s1. The summed E-state index contributed by atoms with van der Waals surface area (Å²) in [5, 5.41) is 41.4. The molecule has 0 radical (unpaired) electrons. The molecule has 0 bridgehead atoms. The van der Waals surface area contributed by atoms with Crippen molar-refractivity contribution in [2.45, 2.75) is 31.5 Å². The predicted molar refractivity (Wildman–Crippen MR) is 175 cm³/mol. The van der Waals surface area contributed by atoms with E-state index in [0.717, 1.165) is 18.2 Å². The summed E-state index contributed by atoms with van der Waals surface area (Å²) < 4.78 is 5.47. The summed E-state index contributed by atoms with van der Waals surface area (Å²) in [7, 11) is 0. The Bertz CT molecular complexity index is 1820. The molecule has 0 heterocycles. The highest BCUT2D eigenvalue weighted by atomic mass is 16.6. The molecule has 3 N–H and O–H groups in total. The second-order valence-electron chi connectivity index (χ2n) is 10.7. The quantitative estimate of drug-likeness (QED) is 0.0876. The van der Waals surface area contributed by atoms with Gasteiger partial charge in [-0.3, -0.25) is 39.9 Å². The number of ether oxygens (including phenoxy) is 1. The van der Waals surface area contributed by atoms with Crippen LogP contribution in [0.4, 0.5) is 22.7 Å². The lowest BCUT2D eigenvalue weighted by Gasteiger charge is -2.23. The fraction of sp³-hybridized carbons (Fsp3) is 0.182. The van der Waals surface area contributed by atoms with Gasteiger partial charge in [0.1, 0.15) is 24.4 Å². The second kappa shape index (κ2) is 16.7. The van der Waals surface area contributed by atoms with E-state index in [1.807, 2.05) is 0 Å². The van der Waals surface area contributed by atoms with Gasteiger partial charge in [-0.2, -0.15) is 0 Å². The first-order valence-corrected chi connectivity index (χ1v) is 14.7. The van der Waals surface area contributed by atoms with Gasteiger partial charge in [-0.1, -0.05) is 60.7 Å². The number of nitro benzene ring substituents is 3. The zero-order valence-corrected chi connectivity index (χ0v) is 25.7. The van der Waals surface area contributed by atoms with Gasteiger partial charge in [0, 0.05) is 31.0 Å². The van der Waals surface area contributed by atoms with E-state index in [2.05, 4.69) is 16.0 Å². The van der Waals surface area contributed by atoms with Crippen molar-refractivity contribution in [1.82, 2.24) is 10.6 Å². The summed E-state index contributed by atoms with van der Waals surface area (Å²) in [5.74, 6) is -2.23. The average molecular weight is 671 g/mol. The number of nitro groups is 3. The molecular formula is C33H30N6O10. The minimum absolute atomic E-state index is 0.0198. The maximum atomic E-state index is 13.7. The van der Waals surface area contributed by atoms with E-state index < -0.39 is 62.6 Å². The number of benzene rings is 4. The van der Waals surface area contributed by atoms with Crippen LogP contribution in [0.3, 0.4) is 0 Å². The molecule has 0 spiro atoms. The number of amides is 2. The smallest absolute Gasteiger partial charge is 0.329 e. The van der Waals surface area contributed by atoms with Gasteiger partial charge >= 0.3 is 5.97 Å². The van der Waals surface area contributed by atoms with Crippen LogP contribution in [0.2, 0.25) is 0 Å². The Kier molecular flexibility index (Phi) is 12.0. The molecule has 4 aromatic carbocycles. The molecule has 16 nitrogen and oxygen atoms in total. The Morgan fingerprint density at radius 2 is 1.18 bits per heavy atom. The topological polar surface area (TPSA) is 226 Å². The molecule has 4 rings (SSSR count). The summed E-state index contributed by atoms with van der Waals surface area (Å²) in [5.41, 5.74) is 0.485. The van der Waals surface area contributed by atoms with Crippen molar-refractivity contribution in [1.29, 1.82) is 0 Å². The molecule has 0 aliphatic carbocycles. The van der Waals surface area contributed by atoms with Crippen LogP contribution in [-0.4, -0.2) is 51.2 Å². The van der Waals surface area contributed by atoms with Crippen molar-refractivity contribution in [3.05, 3.63) is 150 Å². The van der Waals surface area contributed by atoms with Crippen molar-refractivity contribution in [2.75, 3.05) is 11.9 Å². The Hall–Kier alpha value is -6.71. The summed E-state index contributed by atoms with van der Waals surface area (Å²) in [4.78, 5) is 71.4. The third-order valence-corrected chi connectivity index (χ3v) is 7.17. The molecule has 49 heavy (non-hydrogen) atoms. The molecular weight excluding hydrogens is 640 g/mol. The molecule has 0 aromatic heterocycles. The van der Waals surface area contributed by atoms with E-state index in [9.17, 15) is 44.7 Å². The number of nitrogens with one attached hydrogen (secondary N) is 3. The zero-order chi connectivity index (χ0) is 35.3. The van der Waals surface area contributed by atoms with Crippen LogP contribution < -0.4 is 16.0 Å². The number of nitrogens with zero attached hydrogens (tertiary/aromatic N) is 3. The van der Waals surface area contributed by atoms with Crippen molar-refractivity contribution in [2.24, 2.45) is 0 Å². The van der Waals surface area contributed by atoms with E-state index in [1.165, 1.54) is 24.3 Å². The zero-order valence-electron chi connectivity index (χ0n) is 25.7. The lowest BCUT2D eigenvalue weighted by atomic mass is 10.0. The summed E-state index contributed by atoms with van der Waals surface area (Å²) >= 11 is 0. The van der Waals surface area contributed by atoms with Crippen molar-refractivity contribution in [3.63, 3.8) is 0 Å². The molecule has 252 valence electrons. The number of hydrogen-bond acceptors (Lipinski definition) is 11. The Morgan fingerprint density at radius 3 is 1.73 bits per heavy atom.